The third-order valence-corrected chi connectivity index (χ3v) is 3.63. The van der Waals surface area contributed by atoms with E-state index in [9.17, 15) is 9.18 Å². The van der Waals surface area contributed by atoms with E-state index in [0.29, 0.717) is 42.6 Å². The van der Waals surface area contributed by atoms with Crippen molar-refractivity contribution in [1.82, 2.24) is 0 Å². The fraction of sp³-hybridized carbons (Fsp3) is 0.235. The second-order valence-electron chi connectivity index (χ2n) is 5.01. The molecule has 1 heterocycles. The fourth-order valence-electron chi connectivity index (χ4n) is 2.30. The lowest BCUT2D eigenvalue weighted by molar-refractivity contribution is 0.102. The van der Waals surface area contributed by atoms with Crippen molar-refractivity contribution in [3.8, 4) is 17.2 Å². The van der Waals surface area contributed by atoms with Crippen LogP contribution in [0.4, 0.5) is 10.1 Å². The molecule has 0 aliphatic carbocycles. The van der Waals surface area contributed by atoms with Crippen LogP contribution in [0.25, 0.3) is 0 Å². The molecule has 0 bridgehead atoms. The van der Waals surface area contributed by atoms with Crippen LogP contribution in [0.3, 0.4) is 0 Å². The Kier molecular flexibility index (Phi) is 4.76. The van der Waals surface area contributed by atoms with E-state index in [4.69, 9.17) is 25.8 Å². The first-order valence-electron chi connectivity index (χ1n) is 7.41. The maximum absolute atomic E-state index is 13.8. The monoisotopic (exact) mass is 351 g/mol. The summed E-state index contributed by atoms with van der Waals surface area (Å²) < 4.78 is 29.8. The summed E-state index contributed by atoms with van der Waals surface area (Å²) >= 11 is 6.11. The van der Waals surface area contributed by atoms with Crippen molar-refractivity contribution < 1.29 is 23.4 Å². The van der Waals surface area contributed by atoms with E-state index in [-0.39, 0.29) is 10.8 Å². The van der Waals surface area contributed by atoms with Crippen molar-refractivity contribution in [2.75, 3.05) is 25.1 Å². The lowest BCUT2D eigenvalue weighted by Crippen LogP contribution is -2.17. The molecule has 0 radical (unpaired) electrons. The number of halogens is 2. The van der Waals surface area contributed by atoms with Crippen molar-refractivity contribution in [3.05, 3.63) is 46.7 Å². The molecule has 0 atom stereocenters. The number of carbonyl (C=O) groups is 1. The minimum Gasteiger partial charge on any atom is -0.491 e. The average molecular weight is 352 g/mol. The molecule has 0 fully saturated rings. The van der Waals surface area contributed by atoms with Gasteiger partial charge in [-0.1, -0.05) is 11.6 Å². The normalized spacial score (nSPS) is 12.6. The first-order chi connectivity index (χ1) is 11.6. The molecule has 2 aromatic carbocycles. The number of rotatable bonds is 4. The average Bonchev–Trinajstić information content (AvgIpc) is 2.57. The number of ether oxygens (including phenoxy) is 3. The van der Waals surface area contributed by atoms with Gasteiger partial charge in [-0.3, -0.25) is 4.79 Å². The summed E-state index contributed by atoms with van der Waals surface area (Å²) in [4.78, 5) is 12.4. The van der Waals surface area contributed by atoms with Crippen LogP contribution in [0.15, 0.2) is 30.3 Å². The molecule has 0 unspecified atom stereocenters. The van der Waals surface area contributed by atoms with E-state index in [2.05, 4.69) is 5.32 Å². The number of carbonyl (C=O) groups excluding carboxylic acids is 1. The van der Waals surface area contributed by atoms with Gasteiger partial charge in [-0.2, -0.15) is 0 Å². The van der Waals surface area contributed by atoms with Crippen molar-refractivity contribution in [3.63, 3.8) is 0 Å². The Morgan fingerprint density at radius 2 is 2.08 bits per heavy atom. The topological polar surface area (TPSA) is 56.8 Å². The minimum atomic E-state index is -0.546. The molecule has 2 aromatic rings. The highest BCUT2D eigenvalue weighted by atomic mass is 35.5. The molecule has 5 nitrogen and oxygen atoms in total. The predicted octanol–water partition coefficient (Wildman–Crippen LogP) is 3.90. The molecule has 3 rings (SSSR count). The molecule has 126 valence electrons. The van der Waals surface area contributed by atoms with Gasteiger partial charge in [0.05, 0.1) is 11.6 Å². The summed E-state index contributed by atoms with van der Waals surface area (Å²) in [5, 5.41) is 2.90. The highest BCUT2D eigenvalue weighted by molar-refractivity contribution is 6.32. The minimum absolute atomic E-state index is 0.137. The first-order valence-corrected chi connectivity index (χ1v) is 7.79. The second kappa shape index (κ2) is 6.97. The van der Waals surface area contributed by atoms with Gasteiger partial charge in [0.1, 0.15) is 13.2 Å². The molecule has 1 amide bonds. The summed E-state index contributed by atoms with van der Waals surface area (Å²) in [6.45, 7) is 2.92. The maximum Gasteiger partial charge on any atom is 0.255 e. The van der Waals surface area contributed by atoms with Gasteiger partial charge in [-0.25, -0.2) is 4.39 Å². The molecule has 1 aliphatic heterocycles. The zero-order valence-electron chi connectivity index (χ0n) is 12.9. The zero-order valence-corrected chi connectivity index (χ0v) is 13.7. The standard InChI is InChI=1S/C17H15ClFNO4/c1-2-22-14-4-3-11(9-13(14)19)20-17(21)10-7-12(18)16-15(8-10)23-5-6-24-16/h3-4,7-9H,2,5-6H2,1H3,(H,20,21). The molecule has 0 spiro atoms. The van der Waals surface area contributed by atoms with Gasteiger partial charge in [-0.05, 0) is 31.2 Å². The van der Waals surface area contributed by atoms with Gasteiger partial charge in [-0.15, -0.1) is 0 Å². The van der Waals surface area contributed by atoms with Gasteiger partial charge in [0.15, 0.2) is 23.1 Å². The van der Waals surface area contributed by atoms with E-state index >= 15 is 0 Å². The summed E-state index contributed by atoms with van der Waals surface area (Å²) in [6.07, 6.45) is 0. The van der Waals surface area contributed by atoms with Crippen LogP contribution in [0.5, 0.6) is 17.2 Å². The van der Waals surface area contributed by atoms with Crippen LogP contribution in [0.2, 0.25) is 5.02 Å². The first kappa shape index (κ1) is 16.4. The Bertz CT molecular complexity index is 781. The van der Waals surface area contributed by atoms with Gasteiger partial charge in [0.2, 0.25) is 0 Å². The molecule has 1 aliphatic rings. The molecule has 24 heavy (non-hydrogen) atoms. The van der Waals surface area contributed by atoms with E-state index in [1.54, 1.807) is 19.1 Å². The fourth-order valence-corrected chi connectivity index (χ4v) is 2.56. The number of amides is 1. The van der Waals surface area contributed by atoms with Gasteiger partial charge < -0.3 is 19.5 Å². The van der Waals surface area contributed by atoms with Crippen LogP contribution in [-0.4, -0.2) is 25.7 Å². The third-order valence-electron chi connectivity index (χ3n) is 3.35. The predicted molar refractivity (Wildman–Crippen MR) is 88.0 cm³/mol. The van der Waals surface area contributed by atoms with Crippen molar-refractivity contribution in [2.24, 2.45) is 0 Å². The Labute approximate surface area is 143 Å². The van der Waals surface area contributed by atoms with Crippen LogP contribution < -0.4 is 19.5 Å². The third kappa shape index (κ3) is 3.38. The van der Waals surface area contributed by atoms with Gasteiger partial charge in [0, 0.05) is 17.3 Å². The lowest BCUT2D eigenvalue weighted by atomic mass is 10.1. The molecule has 1 N–H and O–H groups in total. The van der Waals surface area contributed by atoms with Gasteiger partial charge in [0.25, 0.3) is 5.91 Å². The smallest absolute Gasteiger partial charge is 0.255 e. The SMILES string of the molecule is CCOc1ccc(NC(=O)c2cc(Cl)c3c(c2)OCCO3)cc1F. The molecule has 0 aromatic heterocycles. The molecule has 0 saturated carbocycles. The quantitative estimate of drug-likeness (QED) is 0.907. The van der Waals surface area contributed by atoms with Crippen LogP contribution >= 0.6 is 11.6 Å². The number of hydrogen-bond donors (Lipinski definition) is 1. The Balaban J connectivity index is 1.80. The summed E-state index contributed by atoms with van der Waals surface area (Å²) in [7, 11) is 0. The summed E-state index contributed by atoms with van der Waals surface area (Å²) in [5.74, 6) is -0.00600. The van der Waals surface area contributed by atoms with Crippen LogP contribution in [0, 0.1) is 5.82 Å². The van der Waals surface area contributed by atoms with Crippen LogP contribution in [-0.2, 0) is 0 Å². The number of anilines is 1. The molecular formula is C17H15ClFNO4. The van der Waals surface area contributed by atoms with Crippen molar-refractivity contribution in [1.29, 1.82) is 0 Å². The number of nitrogens with one attached hydrogen (secondary N) is 1. The second-order valence-corrected chi connectivity index (χ2v) is 5.42. The maximum atomic E-state index is 13.8. The van der Waals surface area contributed by atoms with E-state index < -0.39 is 11.7 Å². The number of benzene rings is 2. The Hall–Kier alpha value is -2.47. The molecule has 0 saturated heterocycles. The van der Waals surface area contributed by atoms with E-state index in [1.807, 2.05) is 0 Å². The van der Waals surface area contributed by atoms with E-state index in [0.717, 1.165) is 0 Å². The summed E-state index contributed by atoms with van der Waals surface area (Å²) in [6, 6.07) is 7.25. The molecular weight excluding hydrogens is 337 g/mol. The van der Waals surface area contributed by atoms with Gasteiger partial charge >= 0.3 is 0 Å². The highest BCUT2D eigenvalue weighted by Crippen LogP contribution is 2.38. The van der Waals surface area contributed by atoms with Crippen molar-refractivity contribution in [2.45, 2.75) is 6.92 Å². The number of hydrogen-bond acceptors (Lipinski definition) is 4. The highest BCUT2D eigenvalue weighted by Gasteiger charge is 2.19. The van der Waals surface area contributed by atoms with E-state index in [1.165, 1.54) is 18.2 Å². The zero-order chi connectivity index (χ0) is 17.1. The summed E-state index contributed by atoms with van der Waals surface area (Å²) in [5.41, 5.74) is 0.602. The molecule has 7 heteroatoms. The number of fused-ring (bicyclic) bond motifs is 1. The largest absolute Gasteiger partial charge is 0.491 e. The van der Waals surface area contributed by atoms with Crippen LogP contribution in [0.1, 0.15) is 17.3 Å². The Morgan fingerprint density at radius 3 is 2.83 bits per heavy atom. The Morgan fingerprint density at radius 1 is 1.29 bits per heavy atom. The van der Waals surface area contributed by atoms with Crippen molar-refractivity contribution >= 4 is 23.2 Å². The lowest BCUT2D eigenvalue weighted by Gasteiger charge is -2.20.